The highest BCUT2D eigenvalue weighted by atomic mass is 35.5. The Morgan fingerprint density at radius 2 is 2.15 bits per heavy atom. The quantitative estimate of drug-likeness (QED) is 0.922. The van der Waals surface area contributed by atoms with Gasteiger partial charge in [-0.2, -0.15) is 5.26 Å². The number of aromatic nitrogens is 1. The van der Waals surface area contributed by atoms with E-state index in [4.69, 9.17) is 21.6 Å². The van der Waals surface area contributed by atoms with Crippen molar-refractivity contribution in [1.82, 2.24) is 9.88 Å². The number of hydrogen-bond donors (Lipinski definition) is 1. The molecule has 0 spiro atoms. The van der Waals surface area contributed by atoms with Gasteiger partial charge in [0.05, 0.1) is 18.2 Å². The largest absolute Gasteiger partial charge is 0.379 e. The Balaban J connectivity index is 1.98. The predicted octanol–water partition coefficient (Wildman–Crippen LogP) is 2.13. The zero-order valence-corrected chi connectivity index (χ0v) is 12.6. The Kier molecular flexibility index (Phi) is 4.81. The van der Waals surface area contributed by atoms with Gasteiger partial charge in [0.15, 0.2) is 5.69 Å². The molecule has 6 heteroatoms. The monoisotopic (exact) mass is 294 g/mol. The molecule has 1 aliphatic rings. The zero-order chi connectivity index (χ0) is 14.6. The van der Waals surface area contributed by atoms with Gasteiger partial charge >= 0.3 is 0 Å². The molecule has 0 radical (unpaired) electrons. The molecule has 1 aromatic heterocycles. The Hall–Kier alpha value is -1.35. The molecule has 0 saturated carbocycles. The van der Waals surface area contributed by atoms with Crippen molar-refractivity contribution >= 4 is 17.4 Å². The third-order valence-corrected chi connectivity index (χ3v) is 3.83. The first-order valence-electron chi connectivity index (χ1n) is 6.66. The third kappa shape index (κ3) is 3.60. The summed E-state index contributed by atoms with van der Waals surface area (Å²) < 4.78 is 5.38. The first-order valence-corrected chi connectivity index (χ1v) is 7.04. The Bertz CT molecular complexity index is 506. The number of nitriles is 1. The Morgan fingerprint density at radius 1 is 1.45 bits per heavy atom. The van der Waals surface area contributed by atoms with Crippen molar-refractivity contribution in [1.29, 1.82) is 5.26 Å². The average molecular weight is 295 g/mol. The molecule has 0 bridgehead atoms. The summed E-state index contributed by atoms with van der Waals surface area (Å²) in [4.78, 5) is 6.59. The van der Waals surface area contributed by atoms with Gasteiger partial charge in [0, 0.05) is 25.2 Å². The Labute approximate surface area is 124 Å². The highest BCUT2D eigenvalue weighted by molar-refractivity contribution is 6.31. The van der Waals surface area contributed by atoms with Crippen LogP contribution in [-0.2, 0) is 4.74 Å². The van der Waals surface area contributed by atoms with Gasteiger partial charge in [-0.05, 0) is 26.0 Å². The van der Waals surface area contributed by atoms with Gasteiger partial charge in [0.1, 0.15) is 11.9 Å². The van der Waals surface area contributed by atoms with E-state index >= 15 is 0 Å². The van der Waals surface area contributed by atoms with Crippen molar-refractivity contribution in [3.8, 4) is 6.07 Å². The third-order valence-electron chi connectivity index (χ3n) is 3.52. The van der Waals surface area contributed by atoms with E-state index < -0.39 is 0 Å². The number of nitrogens with one attached hydrogen (secondary N) is 1. The lowest BCUT2D eigenvalue weighted by Gasteiger charge is -2.41. The van der Waals surface area contributed by atoms with Crippen molar-refractivity contribution in [3.05, 3.63) is 22.8 Å². The summed E-state index contributed by atoms with van der Waals surface area (Å²) in [5.74, 6) is 0.673. The minimum Gasteiger partial charge on any atom is -0.379 e. The fourth-order valence-corrected chi connectivity index (χ4v) is 2.35. The summed E-state index contributed by atoms with van der Waals surface area (Å²) in [5, 5.41) is 12.6. The molecule has 0 amide bonds. The molecular formula is C14H19ClN4O. The number of pyridine rings is 1. The molecule has 1 aliphatic heterocycles. The van der Waals surface area contributed by atoms with E-state index in [-0.39, 0.29) is 11.2 Å². The van der Waals surface area contributed by atoms with Gasteiger partial charge in [0.25, 0.3) is 0 Å². The van der Waals surface area contributed by atoms with Crippen LogP contribution in [0.5, 0.6) is 0 Å². The van der Waals surface area contributed by atoms with Crippen LogP contribution in [0.1, 0.15) is 19.5 Å². The lowest BCUT2D eigenvalue weighted by Crippen LogP contribution is -2.53. The molecular weight excluding hydrogens is 276 g/mol. The summed E-state index contributed by atoms with van der Waals surface area (Å²) in [6, 6.07) is 5.47. The number of morpholine rings is 1. The molecule has 20 heavy (non-hydrogen) atoms. The van der Waals surface area contributed by atoms with Crippen LogP contribution in [0.4, 0.5) is 5.82 Å². The molecule has 108 valence electrons. The molecule has 1 aromatic rings. The molecule has 1 saturated heterocycles. The van der Waals surface area contributed by atoms with Crippen LogP contribution >= 0.6 is 11.6 Å². The van der Waals surface area contributed by atoms with Crippen LogP contribution in [-0.4, -0.2) is 48.3 Å². The van der Waals surface area contributed by atoms with Crippen LogP contribution in [0, 0.1) is 11.3 Å². The number of rotatable bonds is 4. The standard InChI is InChI=1S/C14H19ClN4O/c1-14(2,19-5-7-20-8-6-19)10-17-13-4-3-11(15)12(9-16)18-13/h3-4H,5-8,10H2,1-2H3,(H,17,18). The van der Waals surface area contributed by atoms with Crippen LogP contribution < -0.4 is 5.32 Å². The summed E-state index contributed by atoms with van der Waals surface area (Å²) in [5.41, 5.74) is 0.249. The fraction of sp³-hybridized carbons (Fsp3) is 0.571. The summed E-state index contributed by atoms with van der Waals surface area (Å²) >= 11 is 5.87. The Morgan fingerprint density at radius 3 is 2.80 bits per heavy atom. The molecule has 5 nitrogen and oxygen atoms in total. The summed E-state index contributed by atoms with van der Waals surface area (Å²) in [6.07, 6.45) is 0. The minimum absolute atomic E-state index is 0.00208. The van der Waals surface area contributed by atoms with Crippen LogP contribution in [0.2, 0.25) is 5.02 Å². The van der Waals surface area contributed by atoms with Gasteiger partial charge in [-0.3, -0.25) is 4.90 Å². The normalized spacial score (nSPS) is 16.7. The summed E-state index contributed by atoms with van der Waals surface area (Å²) in [7, 11) is 0. The van der Waals surface area contributed by atoms with Crippen molar-refractivity contribution in [2.45, 2.75) is 19.4 Å². The topological polar surface area (TPSA) is 61.2 Å². The molecule has 2 heterocycles. The fourth-order valence-electron chi connectivity index (χ4n) is 2.21. The van der Waals surface area contributed by atoms with E-state index in [0.717, 1.165) is 32.8 Å². The predicted molar refractivity (Wildman–Crippen MR) is 78.9 cm³/mol. The van der Waals surface area contributed by atoms with Gasteiger partial charge in [0.2, 0.25) is 0 Å². The molecule has 1 N–H and O–H groups in total. The highest BCUT2D eigenvalue weighted by Crippen LogP contribution is 2.19. The first-order chi connectivity index (χ1) is 9.53. The van der Waals surface area contributed by atoms with Crippen molar-refractivity contribution in [2.24, 2.45) is 0 Å². The average Bonchev–Trinajstić information content (AvgIpc) is 2.47. The van der Waals surface area contributed by atoms with Gasteiger partial charge < -0.3 is 10.1 Å². The molecule has 0 atom stereocenters. The highest BCUT2D eigenvalue weighted by Gasteiger charge is 2.28. The molecule has 2 rings (SSSR count). The number of anilines is 1. The molecule has 0 unspecified atom stereocenters. The maximum atomic E-state index is 8.93. The van der Waals surface area contributed by atoms with Crippen molar-refractivity contribution in [2.75, 3.05) is 38.2 Å². The van der Waals surface area contributed by atoms with Gasteiger partial charge in [-0.1, -0.05) is 11.6 Å². The van der Waals surface area contributed by atoms with E-state index in [2.05, 4.69) is 29.0 Å². The lowest BCUT2D eigenvalue weighted by atomic mass is 10.0. The minimum atomic E-state index is -0.00208. The van der Waals surface area contributed by atoms with E-state index in [1.54, 1.807) is 12.1 Å². The van der Waals surface area contributed by atoms with Crippen molar-refractivity contribution < 1.29 is 4.74 Å². The smallest absolute Gasteiger partial charge is 0.161 e. The number of nitrogens with zero attached hydrogens (tertiary/aromatic N) is 3. The van der Waals surface area contributed by atoms with Crippen LogP contribution in [0.3, 0.4) is 0 Å². The number of ether oxygens (including phenoxy) is 1. The zero-order valence-electron chi connectivity index (χ0n) is 11.8. The molecule has 1 fully saturated rings. The van der Waals surface area contributed by atoms with Crippen LogP contribution in [0.15, 0.2) is 12.1 Å². The maximum absolute atomic E-state index is 8.93. The van der Waals surface area contributed by atoms with E-state index in [1.165, 1.54) is 0 Å². The van der Waals surface area contributed by atoms with Gasteiger partial charge in [-0.25, -0.2) is 4.98 Å². The second-order valence-electron chi connectivity index (χ2n) is 5.40. The van der Waals surface area contributed by atoms with Crippen molar-refractivity contribution in [3.63, 3.8) is 0 Å². The maximum Gasteiger partial charge on any atom is 0.161 e. The SMILES string of the molecule is CC(C)(CNc1ccc(Cl)c(C#N)n1)N1CCOCC1. The van der Waals surface area contributed by atoms with E-state index in [0.29, 0.717) is 10.8 Å². The second kappa shape index (κ2) is 6.40. The van der Waals surface area contributed by atoms with E-state index in [1.807, 2.05) is 6.07 Å². The number of halogens is 1. The molecule has 0 aromatic carbocycles. The van der Waals surface area contributed by atoms with Crippen LogP contribution in [0.25, 0.3) is 0 Å². The summed E-state index contributed by atoms with van der Waals surface area (Å²) in [6.45, 7) is 8.55. The lowest BCUT2D eigenvalue weighted by molar-refractivity contribution is -0.00570. The van der Waals surface area contributed by atoms with E-state index in [9.17, 15) is 0 Å². The number of hydrogen-bond acceptors (Lipinski definition) is 5. The van der Waals surface area contributed by atoms with Gasteiger partial charge in [-0.15, -0.1) is 0 Å². The first kappa shape index (κ1) is 15.0. The molecule has 0 aliphatic carbocycles. The second-order valence-corrected chi connectivity index (χ2v) is 5.81.